The van der Waals surface area contributed by atoms with Gasteiger partial charge in [-0.15, -0.1) is 0 Å². The summed E-state index contributed by atoms with van der Waals surface area (Å²) in [5, 5.41) is 3.84. The summed E-state index contributed by atoms with van der Waals surface area (Å²) in [6, 6.07) is 15.2. The lowest BCUT2D eigenvalue weighted by molar-refractivity contribution is -0.124. The van der Waals surface area contributed by atoms with E-state index in [1.807, 2.05) is 42.5 Å². The highest BCUT2D eigenvalue weighted by molar-refractivity contribution is 5.97. The average molecular weight is 376 g/mol. The highest BCUT2D eigenvalue weighted by Crippen LogP contribution is 2.32. The van der Waals surface area contributed by atoms with Gasteiger partial charge in [0.2, 0.25) is 0 Å². The second-order valence-electron chi connectivity index (χ2n) is 7.53. The number of hydrogen-bond acceptors (Lipinski definition) is 3. The first kappa shape index (κ1) is 18.3. The molecule has 144 valence electrons. The summed E-state index contributed by atoms with van der Waals surface area (Å²) in [4.78, 5) is 27.8. The first-order chi connectivity index (χ1) is 13.6. The number of rotatable bonds is 5. The minimum atomic E-state index is -0.476. The van der Waals surface area contributed by atoms with Crippen molar-refractivity contribution >= 4 is 22.8 Å². The number of aromatic amines is 1. The van der Waals surface area contributed by atoms with E-state index in [1.54, 1.807) is 6.07 Å². The van der Waals surface area contributed by atoms with E-state index in [0.717, 1.165) is 29.3 Å². The molecule has 3 aromatic rings. The average Bonchev–Trinajstić information content (AvgIpc) is 3.08. The van der Waals surface area contributed by atoms with Gasteiger partial charge in [-0.3, -0.25) is 4.79 Å². The molecule has 0 radical (unpaired) electrons. The van der Waals surface area contributed by atoms with Gasteiger partial charge in [0, 0.05) is 23.1 Å². The molecule has 0 bridgehead atoms. The number of amides is 1. The summed E-state index contributed by atoms with van der Waals surface area (Å²) in [5.41, 5.74) is 5.11. The van der Waals surface area contributed by atoms with Crippen LogP contribution in [0, 0.1) is 5.92 Å². The Hall–Kier alpha value is -3.08. The molecule has 2 N–H and O–H groups in total. The molecular weight excluding hydrogens is 352 g/mol. The Balaban J connectivity index is 1.38. The van der Waals surface area contributed by atoms with E-state index in [-0.39, 0.29) is 12.5 Å². The fourth-order valence-electron chi connectivity index (χ4n) is 3.78. The van der Waals surface area contributed by atoms with Crippen molar-refractivity contribution in [1.29, 1.82) is 0 Å². The van der Waals surface area contributed by atoms with E-state index < -0.39 is 5.97 Å². The van der Waals surface area contributed by atoms with Gasteiger partial charge in [-0.25, -0.2) is 4.79 Å². The molecule has 0 saturated carbocycles. The van der Waals surface area contributed by atoms with E-state index in [0.29, 0.717) is 18.0 Å². The second kappa shape index (κ2) is 7.89. The van der Waals surface area contributed by atoms with E-state index in [9.17, 15) is 9.59 Å². The largest absolute Gasteiger partial charge is 0.452 e. The van der Waals surface area contributed by atoms with Crippen molar-refractivity contribution in [1.82, 2.24) is 10.3 Å². The number of H-pyrrole nitrogens is 1. The Morgan fingerprint density at radius 1 is 1.18 bits per heavy atom. The third kappa shape index (κ3) is 3.93. The molecule has 5 nitrogen and oxygen atoms in total. The quantitative estimate of drug-likeness (QED) is 0.666. The zero-order chi connectivity index (χ0) is 19.5. The molecule has 5 heteroatoms. The molecule has 1 aromatic heterocycles. The Labute approximate surface area is 164 Å². The molecule has 1 aliphatic carbocycles. The number of ether oxygens (including phenoxy) is 1. The third-order valence-corrected chi connectivity index (χ3v) is 5.34. The fraction of sp³-hybridized carbons (Fsp3) is 0.304. The lowest BCUT2D eigenvalue weighted by Crippen LogP contribution is -2.28. The summed E-state index contributed by atoms with van der Waals surface area (Å²) in [7, 11) is 0. The van der Waals surface area contributed by atoms with E-state index in [4.69, 9.17) is 4.74 Å². The minimum absolute atomic E-state index is 0.286. The molecule has 0 fully saturated rings. The molecule has 1 heterocycles. The molecule has 2 aromatic carbocycles. The van der Waals surface area contributed by atoms with Crippen molar-refractivity contribution in [2.45, 2.75) is 32.7 Å². The Kier molecular flexibility index (Phi) is 5.15. The molecule has 1 aliphatic rings. The molecule has 0 spiro atoms. The first-order valence-electron chi connectivity index (χ1n) is 9.71. The maximum atomic E-state index is 12.4. The lowest BCUT2D eigenvalue weighted by Gasteiger charge is -2.18. The molecule has 28 heavy (non-hydrogen) atoms. The van der Waals surface area contributed by atoms with Crippen LogP contribution in [0.1, 0.15) is 40.5 Å². The van der Waals surface area contributed by atoms with Gasteiger partial charge in [0.15, 0.2) is 6.61 Å². The number of fused-ring (bicyclic) bond motifs is 3. The van der Waals surface area contributed by atoms with Crippen molar-refractivity contribution in [3.05, 3.63) is 70.9 Å². The number of carbonyl (C=O) groups excluding carboxylic acids is 2. The number of aryl methyl sites for hydroxylation is 1. The van der Waals surface area contributed by atoms with E-state index >= 15 is 0 Å². The molecule has 0 aliphatic heterocycles. The standard InChI is InChI=1S/C23H24N2O3/c1-15-7-9-20-18(11-15)19-12-17(8-10-21(19)25-20)23(27)28-14-22(26)24-13-16-5-3-2-4-6-16/h2-6,8,10,12,15,25H,7,9,11,13-14H2,1H3,(H,24,26). The third-order valence-electron chi connectivity index (χ3n) is 5.34. The van der Waals surface area contributed by atoms with Crippen molar-refractivity contribution in [2.24, 2.45) is 5.92 Å². The van der Waals surface area contributed by atoms with Crippen LogP contribution in [0.25, 0.3) is 10.9 Å². The van der Waals surface area contributed by atoms with Crippen LogP contribution in [0.4, 0.5) is 0 Å². The van der Waals surface area contributed by atoms with Gasteiger partial charge >= 0.3 is 5.97 Å². The van der Waals surface area contributed by atoms with Crippen molar-refractivity contribution in [2.75, 3.05) is 6.61 Å². The van der Waals surface area contributed by atoms with Crippen LogP contribution in [-0.2, 0) is 28.9 Å². The number of benzene rings is 2. The normalized spacial score (nSPS) is 15.8. The summed E-state index contributed by atoms with van der Waals surface area (Å²) < 4.78 is 5.21. The SMILES string of the molecule is CC1CCc2[nH]c3ccc(C(=O)OCC(=O)NCc4ccccc4)cc3c2C1. The summed E-state index contributed by atoms with van der Waals surface area (Å²) in [6.07, 6.45) is 3.26. The van der Waals surface area contributed by atoms with Gasteiger partial charge in [-0.2, -0.15) is 0 Å². The molecular formula is C23H24N2O3. The van der Waals surface area contributed by atoms with Crippen LogP contribution in [0.2, 0.25) is 0 Å². The molecule has 4 rings (SSSR count). The van der Waals surface area contributed by atoms with Gasteiger partial charge in [0.1, 0.15) is 0 Å². The number of hydrogen-bond donors (Lipinski definition) is 2. The van der Waals surface area contributed by atoms with E-state index in [1.165, 1.54) is 17.7 Å². The number of nitrogens with one attached hydrogen (secondary N) is 2. The minimum Gasteiger partial charge on any atom is -0.452 e. The second-order valence-corrected chi connectivity index (χ2v) is 7.53. The van der Waals surface area contributed by atoms with Crippen molar-refractivity contribution < 1.29 is 14.3 Å². The van der Waals surface area contributed by atoms with Crippen LogP contribution < -0.4 is 5.32 Å². The zero-order valence-electron chi connectivity index (χ0n) is 16.0. The number of aromatic nitrogens is 1. The zero-order valence-corrected chi connectivity index (χ0v) is 16.0. The highest BCUT2D eigenvalue weighted by atomic mass is 16.5. The van der Waals surface area contributed by atoms with Gasteiger partial charge in [-0.05, 0) is 54.5 Å². The molecule has 0 saturated heterocycles. The predicted octanol–water partition coefficient (Wildman–Crippen LogP) is 3.77. The fourth-order valence-corrected chi connectivity index (χ4v) is 3.78. The summed E-state index contributed by atoms with van der Waals surface area (Å²) in [5.74, 6) is -0.142. The van der Waals surface area contributed by atoms with Crippen LogP contribution in [0.15, 0.2) is 48.5 Å². The van der Waals surface area contributed by atoms with Crippen molar-refractivity contribution in [3.8, 4) is 0 Å². The molecule has 1 amide bonds. The maximum absolute atomic E-state index is 12.4. The van der Waals surface area contributed by atoms with Gasteiger partial charge in [-0.1, -0.05) is 37.3 Å². The Morgan fingerprint density at radius 3 is 2.82 bits per heavy atom. The van der Waals surface area contributed by atoms with Crippen LogP contribution >= 0.6 is 0 Å². The highest BCUT2D eigenvalue weighted by Gasteiger charge is 2.21. The van der Waals surface area contributed by atoms with Crippen molar-refractivity contribution in [3.63, 3.8) is 0 Å². The Morgan fingerprint density at radius 2 is 2.00 bits per heavy atom. The van der Waals surface area contributed by atoms with Crippen LogP contribution in [0.3, 0.4) is 0 Å². The molecule has 1 unspecified atom stereocenters. The smallest absolute Gasteiger partial charge is 0.338 e. The topological polar surface area (TPSA) is 71.2 Å². The monoisotopic (exact) mass is 376 g/mol. The Bertz CT molecular complexity index is 1010. The number of carbonyl (C=O) groups is 2. The summed E-state index contributed by atoms with van der Waals surface area (Å²) >= 11 is 0. The summed E-state index contributed by atoms with van der Waals surface area (Å²) in [6.45, 7) is 2.39. The predicted molar refractivity (Wildman–Crippen MR) is 108 cm³/mol. The van der Waals surface area contributed by atoms with E-state index in [2.05, 4.69) is 17.2 Å². The molecule has 1 atom stereocenters. The lowest BCUT2D eigenvalue weighted by atomic mass is 9.87. The maximum Gasteiger partial charge on any atom is 0.338 e. The van der Waals surface area contributed by atoms with Crippen LogP contribution in [0.5, 0.6) is 0 Å². The van der Waals surface area contributed by atoms with Crippen LogP contribution in [-0.4, -0.2) is 23.5 Å². The van der Waals surface area contributed by atoms with Gasteiger partial charge in [0.05, 0.1) is 5.56 Å². The number of esters is 1. The van der Waals surface area contributed by atoms with Gasteiger partial charge in [0.25, 0.3) is 5.91 Å². The first-order valence-corrected chi connectivity index (χ1v) is 9.71. The van der Waals surface area contributed by atoms with Gasteiger partial charge < -0.3 is 15.0 Å².